The number of aryl methyl sites for hydroxylation is 2. The fraction of sp³-hybridized carbons (Fsp3) is 0.533. The second kappa shape index (κ2) is 6.24. The second-order valence-electron chi connectivity index (χ2n) is 4.94. The van der Waals surface area contributed by atoms with Gasteiger partial charge in [-0.25, -0.2) is 0 Å². The molecular formula is C15H22ClNO. The van der Waals surface area contributed by atoms with Gasteiger partial charge in [-0.05, 0) is 61.9 Å². The molecule has 1 amide bonds. The van der Waals surface area contributed by atoms with Crippen molar-refractivity contribution in [1.29, 1.82) is 0 Å². The quantitative estimate of drug-likeness (QED) is 0.768. The molecule has 0 aliphatic carbocycles. The van der Waals surface area contributed by atoms with Gasteiger partial charge in [-0.2, -0.15) is 0 Å². The molecule has 0 aromatic heterocycles. The number of halogens is 1. The minimum Gasteiger partial charge on any atom is -0.344 e. The van der Waals surface area contributed by atoms with Crippen LogP contribution in [0.1, 0.15) is 27.8 Å². The molecule has 1 aromatic carbocycles. The van der Waals surface area contributed by atoms with Crippen LogP contribution in [0.5, 0.6) is 0 Å². The van der Waals surface area contributed by atoms with Crippen molar-refractivity contribution in [1.82, 2.24) is 4.90 Å². The van der Waals surface area contributed by atoms with Gasteiger partial charge in [0.15, 0.2) is 0 Å². The standard InChI is InChI=1S/C15H22ClNO/c1-10-8-11(2)13(4)14(12(10)3)6-7-17(5)15(18)9-16/h8H,6-7,9H2,1-5H3. The Labute approximate surface area is 115 Å². The minimum absolute atomic E-state index is 0.0173. The van der Waals surface area contributed by atoms with Crippen LogP contribution < -0.4 is 0 Å². The number of carbonyl (C=O) groups is 1. The smallest absolute Gasteiger partial charge is 0.237 e. The maximum absolute atomic E-state index is 11.4. The van der Waals surface area contributed by atoms with E-state index in [4.69, 9.17) is 11.6 Å². The Balaban J connectivity index is 2.88. The lowest BCUT2D eigenvalue weighted by molar-refractivity contribution is -0.127. The first kappa shape index (κ1) is 15.0. The number of carbonyl (C=O) groups excluding carboxylic acids is 1. The lowest BCUT2D eigenvalue weighted by Gasteiger charge is -2.19. The fourth-order valence-electron chi connectivity index (χ4n) is 2.18. The molecule has 0 saturated carbocycles. The van der Waals surface area contributed by atoms with Gasteiger partial charge in [0, 0.05) is 13.6 Å². The average molecular weight is 268 g/mol. The molecule has 0 atom stereocenters. The molecular weight excluding hydrogens is 246 g/mol. The van der Waals surface area contributed by atoms with Gasteiger partial charge in [0.05, 0.1) is 0 Å². The molecule has 0 fully saturated rings. The van der Waals surface area contributed by atoms with Crippen LogP contribution in [0.4, 0.5) is 0 Å². The predicted molar refractivity (Wildman–Crippen MR) is 77.5 cm³/mol. The number of rotatable bonds is 4. The van der Waals surface area contributed by atoms with E-state index in [0.29, 0.717) is 0 Å². The fourth-order valence-corrected chi connectivity index (χ4v) is 2.38. The van der Waals surface area contributed by atoms with E-state index in [9.17, 15) is 4.79 Å². The first-order valence-corrected chi connectivity index (χ1v) is 6.78. The van der Waals surface area contributed by atoms with Crippen molar-refractivity contribution in [2.45, 2.75) is 34.1 Å². The van der Waals surface area contributed by atoms with Gasteiger partial charge in [0.25, 0.3) is 0 Å². The summed E-state index contributed by atoms with van der Waals surface area (Å²) in [5.74, 6) is 0.0396. The number of hydrogen-bond acceptors (Lipinski definition) is 1. The van der Waals surface area contributed by atoms with Gasteiger partial charge in [-0.1, -0.05) is 6.07 Å². The Morgan fingerprint density at radius 1 is 1.17 bits per heavy atom. The number of benzene rings is 1. The molecule has 0 saturated heterocycles. The molecule has 0 unspecified atom stereocenters. The van der Waals surface area contributed by atoms with Gasteiger partial charge in [0.1, 0.15) is 5.88 Å². The normalized spacial score (nSPS) is 10.6. The lowest BCUT2D eigenvalue weighted by Crippen LogP contribution is -2.30. The van der Waals surface area contributed by atoms with Crippen LogP contribution >= 0.6 is 11.6 Å². The topological polar surface area (TPSA) is 20.3 Å². The van der Waals surface area contributed by atoms with Crippen molar-refractivity contribution in [3.05, 3.63) is 33.9 Å². The Morgan fingerprint density at radius 2 is 1.67 bits per heavy atom. The largest absolute Gasteiger partial charge is 0.344 e. The third-order valence-corrected chi connectivity index (χ3v) is 3.99. The van der Waals surface area contributed by atoms with E-state index >= 15 is 0 Å². The molecule has 0 bridgehead atoms. The highest BCUT2D eigenvalue weighted by Crippen LogP contribution is 2.22. The summed E-state index contributed by atoms with van der Waals surface area (Å²) in [4.78, 5) is 13.1. The average Bonchev–Trinajstić information content (AvgIpc) is 2.35. The summed E-state index contributed by atoms with van der Waals surface area (Å²) in [7, 11) is 1.80. The Morgan fingerprint density at radius 3 is 2.11 bits per heavy atom. The molecule has 2 nitrogen and oxygen atoms in total. The van der Waals surface area contributed by atoms with E-state index in [1.807, 2.05) is 0 Å². The summed E-state index contributed by atoms with van der Waals surface area (Å²) in [6, 6.07) is 2.22. The van der Waals surface area contributed by atoms with Crippen molar-refractivity contribution >= 4 is 17.5 Å². The molecule has 0 heterocycles. The predicted octanol–water partition coefficient (Wildman–Crippen LogP) is 3.16. The molecule has 100 valence electrons. The lowest BCUT2D eigenvalue weighted by atomic mass is 9.92. The second-order valence-corrected chi connectivity index (χ2v) is 5.21. The molecule has 18 heavy (non-hydrogen) atoms. The highest BCUT2D eigenvalue weighted by molar-refractivity contribution is 6.27. The third-order valence-electron chi connectivity index (χ3n) is 3.76. The number of alkyl halides is 1. The van der Waals surface area contributed by atoms with Gasteiger partial charge < -0.3 is 4.90 Å². The van der Waals surface area contributed by atoms with Crippen LogP contribution in [0.3, 0.4) is 0 Å². The summed E-state index contributed by atoms with van der Waals surface area (Å²) in [5.41, 5.74) is 6.68. The molecule has 0 aliphatic heterocycles. The number of nitrogens with zero attached hydrogens (tertiary/aromatic N) is 1. The Hall–Kier alpha value is -1.02. The van der Waals surface area contributed by atoms with Crippen LogP contribution in [-0.2, 0) is 11.2 Å². The highest BCUT2D eigenvalue weighted by atomic mass is 35.5. The third kappa shape index (κ3) is 3.26. The molecule has 0 N–H and O–H groups in total. The van der Waals surface area contributed by atoms with Crippen molar-refractivity contribution in [2.24, 2.45) is 0 Å². The summed E-state index contributed by atoms with van der Waals surface area (Å²) < 4.78 is 0. The van der Waals surface area contributed by atoms with Crippen LogP contribution in [-0.4, -0.2) is 30.3 Å². The molecule has 0 aliphatic rings. The van der Waals surface area contributed by atoms with Gasteiger partial charge in [0.2, 0.25) is 5.91 Å². The van der Waals surface area contributed by atoms with E-state index in [1.165, 1.54) is 27.8 Å². The summed E-state index contributed by atoms with van der Waals surface area (Å²) in [6.45, 7) is 9.30. The molecule has 1 rings (SSSR count). The van der Waals surface area contributed by atoms with E-state index in [1.54, 1.807) is 11.9 Å². The Kier molecular flexibility index (Phi) is 5.21. The highest BCUT2D eigenvalue weighted by Gasteiger charge is 2.11. The maximum Gasteiger partial charge on any atom is 0.237 e. The van der Waals surface area contributed by atoms with Crippen LogP contribution in [0.2, 0.25) is 0 Å². The zero-order chi connectivity index (χ0) is 13.9. The SMILES string of the molecule is Cc1cc(C)c(C)c(CCN(C)C(=O)CCl)c1C. The van der Waals surface area contributed by atoms with Crippen molar-refractivity contribution in [3.63, 3.8) is 0 Å². The summed E-state index contributed by atoms with van der Waals surface area (Å²) >= 11 is 5.55. The van der Waals surface area contributed by atoms with Crippen molar-refractivity contribution < 1.29 is 4.79 Å². The van der Waals surface area contributed by atoms with Crippen molar-refractivity contribution in [2.75, 3.05) is 19.5 Å². The molecule has 1 aromatic rings. The van der Waals surface area contributed by atoms with Crippen LogP contribution in [0, 0.1) is 27.7 Å². The van der Waals surface area contributed by atoms with E-state index < -0.39 is 0 Å². The van der Waals surface area contributed by atoms with Crippen LogP contribution in [0.15, 0.2) is 6.07 Å². The number of likely N-dealkylation sites (N-methyl/N-ethyl adjacent to an activating group) is 1. The molecule has 0 radical (unpaired) electrons. The van der Waals surface area contributed by atoms with Crippen LogP contribution in [0.25, 0.3) is 0 Å². The van der Waals surface area contributed by atoms with E-state index in [0.717, 1.165) is 13.0 Å². The zero-order valence-corrected chi connectivity index (χ0v) is 12.7. The molecule has 3 heteroatoms. The number of hydrogen-bond donors (Lipinski definition) is 0. The van der Waals surface area contributed by atoms with E-state index in [-0.39, 0.29) is 11.8 Å². The first-order chi connectivity index (χ1) is 8.38. The van der Waals surface area contributed by atoms with Gasteiger partial charge in [-0.3, -0.25) is 4.79 Å². The monoisotopic (exact) mass is 267 g/mol. The number of amides is 1. The van der Waals surface area contributed by atoms with Crippen molar-refractivity contribution in [3.8, 4) is 0 Å². The molecule has 0 spiro atoms. The summed E-state index contributed by atoms with van der Waals surface area (Å²) in [6.07, 6.45) is 0.888. The minimum atomic E-state index is -0.0173. The maximum atomic E-state index is 11.4. The van der Waals surface area contributed by atoms with E-state index in [2.05, 4.69) is 33.8 Å². The van der Waals surface area contributed by atoms with Gasteiger partial charge >= 0.3 is 0 Å². The van der Waals surface area contributed by atoms with Gasteiger partial charge in [-0.15, -0.1) is 11.6 Å². The summed E-state index contributed by atoms with van der Waals surface area (Å²) in [5, 5.41) is 0. The Bertz CT molecular complexity index is 428. The first-order valence-electron chi connectivity index (χ1n) is 6.24. The zero-order valence-electron chi connectivity index (χ0n) is 11.9.